The average molecular weight is 362 g/mol. The van der Waals surface area contributed by atoms with Crippen molar-refractivity contribution in [3.63, 3.8) is 0 Å². The molecule has 1 aromatic heterocycles. The van der Waals surface area contributed by atoms with E-state index in [-0.39, 0.29) is 11.3 Å². The van der Waals surface area contributed by atoms with Crippen molar-refractivity contribution >= 4 is 22.5 Å². The molecule has 0 aliphatic heterocycles. The molecule has 3 rings (SSSR count). The van der Waals surface area contributed by atoms with Gasteiger partial charge in [0.1, 0.15) is 11.3 Å². The van der Waals surface area contributed by atoms with Crippen molar-refractivity contribution in [2.75, 3.05) is 11.9 Å². The summed E-state index contributed by atoms with van der Waals surface area (Å²) in [5.41, 5.74) is 3.38. The van der Waals surface area contributed by atoms with Crippen LogP contribution >= 0.6 is 0 Å². The molecule has 1 heterocycles. The van der Waals surface area contributed by atoms with E-state index in [4.69, 9.17) is 4.74 Å². The van der Waals surface area contributed by atoms with Gasteiger partial charge in [-0.2, -0.15) is 0 Å². The zero-order chi connectivity index (χ0) is 19.4. The minimum absolute atomic E-state index is 0.0607. The maximum Gasteiger partial charge on any atom is 0.255 e. The number of hydrogen-bond donors (Lipinski definition) is 1. The van der Waals surface area contributed by atoms with E-state index in [2.05, 4.69) is 38.0 Å². The van der Waals surface area contributed by atoms with E-state index in [1.54, 1.807) is 6.20 Å². The number of ether oxygens (including phenoxy) is 1. The lowest BCUT2D eigenvalue weighted by Crippen LogP contribution is -2.14. The number of benzene rings is 2. The Kier molecular flexibility index (Phi) is 5.45. The quantitative estimate of drug-likeness (QED) is 0.645. The summed E-state index contributed by atoms with van der Waals surface area (Å²) in [6.45, 7) is 9.17. The number of hydrogen-bond acceptors (Lipinski definition) is 3. The molecule has 3 aromatic rings. The smallest absolute Gasteiger partial charge is 0.255 e. The second kappa shape index (κ2) is 7.78. The van der Waals surface area contributed by atoms with Gasteiger partial charge in [-0.05, 0) is 53.8 Å². The molecule has 0 saturated heterocycles. The molecule has 0 aliphatic rings. The summed E-state index contributed by atoms with van der Waals surface area (Å²) in [5, 5.41) is 3.87. The van der Waals surface area contributed by atoms with Crippen molar-refractivity contribution in [2.24, 2.45) is 0 Å². The Morgan fingerprint density at radius 1 is 1.07 bits per heavy atom. The molecule has 0 radical (unpaired) electrons. The fourth-order valence-electron chi connectivity index (χ4n) is 2.90. The topological polar surface area (TPSA) is 51.2 Å². The molecule has 27 heavy (non-hydrogen) atoms. The van der Waals surface area contributed by atoms with Crippen molar-refractivity contribution in [3.05, 3.63) is 65.9 Å². The van der Waals surface area contributed by atoms with Crippen LogP contribution in [0.2, 0.25) is 0 Å². The number of carbonyl (C=O) groups is 1. The molecule has 0 bridgehead atoms. The maximum absolute atomic E-state index is 12.7. The first-order valence-corrected chi connectivity index (χ1v) is 9.32. The van der Waals surface area contributed by atoms with Crippen molar-refractivity contribution in [3.8, 4) is 5.75 Å². The number of pyridine rings is 1. The molecule has 0 aliphatic carbocycles. The van der Waals surface area contributed by atoms with Crippen LogP contribution in [0.4, 0.5) is 5.69 Å². The van der Waals surface area contributed by atoms with E-state index in [0.29, 0.717) is 12.2 Å². The number of nitrogens with one attached hydrogen (secondary N) is 1. The zero-order valence-corrected chi connectivity index (χ0v) is 16.4. The van der Waals surface area contributed by atoms with Gasteiger partial charge in [0.25, 0.3) is 5.91 Å². The third-order valence-corrected chi connectivity index (χ3v) is 4.46. The fourth-order valence-corrected chi connectivity index (χ4v) is 2.90. The normalized spacial score (nSPS) is 11.4. The molecule has 0 fully saturated rings. The highest BCUT2D eigenvalue weighted by Crippen LogP contribution is 2.30. The number of nitrogens with zero attached hydrogens (tertiary/aromatic N) is 1. The highest BCUT2D eigenvalue weighted by molar-refractivity contribution is 6.09. The van der Waals surface area contributed by atoms with Crippen LogP contribution in [0.15, 0.2) is 54.7 Å². The summed E-state index contributed by atoms with van der Waals surface area (Å²) in [6.07, 6.45) is 2.66. The number of rotatable bonds is 5. The summed E-state index contributed by atoms with van der Waals surface area (Å²) in [7, 11) is 0. The SMILES string of the molecule is CCCOc1ccc(NC(=O)c2ccc(C(C)(C)C)cc2)c2cccnc12. The third-order valence-electron chi connectivity index (χ3n) is 4.46. The first kappa shape index (κ1) is 18.9. The Hall–Kier alpha value is -2.88. The van der Waals surface area contributed by atoms with E-state index in [1.165, 1.54) is 5.56 Å². The van der Waals surface area contributed by atoms with Crippen LogP contribution < -0.4 is 10.1 Å². The highest BCUT2D eigenvalue weighted by Gasteiger charge is 2.15. The average Bonchev–Trinajstić information content (AvgIpc) is 2.67. The number of amides is 1. The van der Waals surface area contributed by atoms with Crippen LogP contribution in [-0.4, -0.2) is 17.5 Å². The first-order valence-electron chi connectivity index (χ1n) is 9.32. The minimum atomic E-state index is -0.136. The minimum Gasteiger partial charge on any atom is -0.491 e. The Morgan fingerprint density at radius 3 is 2.48 bits per heavy atom. The zero-order valence-electron chi connectivity index (χ0n) is 16.4. The van der Waals surface area contributed by atoms with Gasteiger partial charge >= 0.3 is 0 Å². The maximum atomic E-state index is 12.7. The van der Waals surface area contributed by atoms with E-state index in [9.17, 15) is 4.79 Å². The van der Waals surface area contributed by atoms with E-state index >= 15 is 0 Å². The second-order valence-electron chi connectivity index (χ2n) is 7.64. The summed E-state index contributed by atoms with van der Waals surface area (Å²) in [6, 6.07) is 15.3. The summed E-state index contributed by atoms with van der Waals surface area (Å²) >= 11 is 0. The van der Waals surface area contributed by atoms with Crippen LogP contribution in [0.1, 0.15) is 50.0 Å². The molecule has 1 N–H and O–H groups in total. The Bertz CT molecular complexity index is 941. The molecule has 4 heteroatoms. The van der Waals surface area contributed by atoms with Gasteiger partial charge in [-0.25, -0.2) is 0 Å². The van der Waals surface area contributed by atoms with Gasteiger partial charge in [0.05, 0.1) is 12.3 Å². The van der Waals surface area contributed by atoms with E-state index in [1.807, 2.05) is 48.5 Å². The molecule has 0 spiro atoms. The van der Waals surface area contributed by atoms with Crippen LogP contribution in [0.3, 0.4) is 0 Å². The van der Waals surface area contributed by atoms with Crippen LogP contribution in [0, 0.1) is 0 Å². The Morgan fingerprint density at radius 2 is 1.81 bits per heavy atom. The van der Waals surface area contributed by atoms with Gasteiger partial charge in [-0.15, -0.1) is 0 Å². The Balaban J connectivity index is 1.87. The molecule has 1 amide bonds. The monoisotopic (exact) mass is 362 g/mol. The lowest BCUT2D eigenvalue weighted by atomic mass is 9.87. The molecule has 0 unspecified atom stereocenters. The first-order chi connectivity index (χ1) is 12.9. The van der Waals surface area contributed by atoms with Gasteiger partial charge in [-0.1, -0.05) is 39.8 Å². The van der Waals surface area contributed by atoms with Crippen LogP contribution in [0.5, 0.6) is 5.75 Å². The van der Waals surface area contributed by atoms with Crippen LogP contribution in [-0.2, 0) is 5.41 Å². The molecule has 140 valence electrons. The lowest BCUT2D eigenvalue weighted by molar-refractivity contribution is 0.102. The van der Waals surface area contributed by atoms with Gasteiger partial charge in [0, 0.05) is 17.1 Å². The lowest BCUT2D eigenvalue weighted by Gasteiger charge is -2.19. The van der Waals surface area contributed by atoms with E-state index < -0.39 is 0 Å². The highest BCUT2D eigenvalue weighted by atomic mass is 16.5. The summed E-state index contributed by atoms with van der Waals surface area (Å²) in [4.78, 5) is 17.2. The van der Waals surface area contributed by atoms with E-state index in [0.717, 1.165) is 28.8 Å². The van der Waals surface area contributed by atoms with Gasteiger partial charge < -0.3 is 10.1 Å². The van der Waals surface area contributed by atoms with Gasteiger partial charge in [0.2, 0.25) is 0 Å². The van der Waals surface area contributed by atoms with Crippen molar-refractivity contribution < 1.29 is 9.53 Å². The predicted molar refractivity (Wildman–Crippen MR) is 111 cm³/mol. The largest absolute Gasteiger partial charge is 0.491 e. The molecular formula is C23H26N2O2. The van der Waals surface area contributed by atoms with Crippen LogP contribution in [0.25, 0.3) is 10.9 Å². The predicted octanol–water partition coefficient (Wildman–Crippen LogP) is 5.57. The molecular weight excluding hydrogens is 336 g/mol. The number of fused-ring (bicyclic) bond motifs is 1. The van der Waals surface area contributed by atoms with Crippen molar-refractivity contribution in [2.45, 2.75) is 39.5 Å². The number of anilines is 1. The third kappa shape index (κ3) is 4.27. The Labute approximate surface area is 160 Å². The van der Waals surface area contributed by atoms with Gasteiger partial charge in [0.15, 0.2) is 0 Å². The molecule has 2 aromatic carbocycles. The second-order valence-corrected chi connectivity index (χ2v) is 7.64. The fraction of sp³-hybridized carbons (Fsp3) is 0.304. The number of carbonyl (C=O) groups excluding carboxylic acids is 1. The number of aromatic nitrogens is 1. The standard InChI is InChI=1S/C23H26N2O2/c1-5-15-27-20-13-12-19(18-7-6-14-24-21(18)20)25-22(26)16-8-10-17(11-9-16)23(2,3)4/h6-14H,5,15H2,1-4H3,(H,25,26). The van der Waals surface area contributed by atoms with Gasteiger partial charge in [-0.3, -0.25) is 9.78 Å². The molecule has 0 saturated carbocycles. The van der Waals surface area contributed by atoms with Crippen molar-refractivity contribution in [1.29, 1.82) is 0 Å². The molecule has 4 nitrogen and oxygen atoms in total. The molecule has 0 atom stereocenters. The summed E-state index contributed by atoms with van der Waals surface area (Å²) in [5.74, 6) is 0.600. The van der Waals surface area contributed by atoms with Crippen molar-refractivity contribution in [1.82, 2.24) is 4.98 Å². The summed E-state index contributed by atoms with van der Waals surface area (Å²) < 4.78 is 5.78.